The summed E-state index contributed by atoms with van der Waals surface area (Å²) < 4.78 is 26.9. The molecule has 1 aromatic heterocycles. The normalized spacial score (nSPS) is 13.8. The second-order valence-corrected chi connectivity index (χ2v) is 7.59. The van der Waals surface area contributed by atoms with Crippen LogP contribution >= 0.6 is 27.5 Å². The molecule has 108 valence electrons. The lowest BCUT2D eigenvalue weighted by Crippen LogP contribution is -2.33. The van der Waals surface area contributed by atoms with Crippen LogP contribution in [-0.2, 0) is 10.0 Å². The maximum atomic E-state index is 12.0. The lowest BCUT2D eigenvalue weighted by atomic mass is 10.1. The van der Waals surface area contributed by atoms with Gasteiger partial charge in [0.05, 0.1) is 6.10 Å². The molecule has 1 rings (SSSR count). The average molecular weight is 372 g/mol. The minimum atomic E-state index is -3.78. The van der Waals surface area contributed by atoms with Crippen LogP contribution < -0.4 is 4.72 Å². The van der Waals surface area contributed by atoms with E-state index < -0.39 is 16.1 Å². The van der Waals surface area contributed by atoms with Crippen molar-refractivity contribution in [2.45, 2.75) is 31.3 Å². The summed E-state index contributed by atoms with van der Waals surface area (Å²) in [6, 6.07) is 1.37. The fraction of sp³-hybridized carbons (Fsp3) is 0.545. The van der Waals surface area contributed by atoms with Gasteiger partial charge in [-0.2, -0.15) is 0 Å². The Balaban J connectivity index is 2.79. The smallest absolute Gasteiger partial charge is 0.243 e. The largest absolute Gasteiger partial charge is 0.392 e. The van der Waals surface area contributed by atoms with Gasteiger partial charge in [0, 0.05) is 17.2 Å². The van der Waals surface area contributed by atoms with Crippen molar-refractivity contribution in [3.8, 4) is 0 Å². The highest BCUT2D eigenvalue weighted by molar-refractivity contribution is 9.10. The lowest BCUT2D eigenvalue weighted by molar-refractivity contribution is 0.152. The minimum Gasteiger partial charge on any atom is -0.392 e. The van der Waals surface area contributed by atoms with E-state index in [-0.39, 0.29) is 22.5 Å². The Bertz CT molecular complexity index is 537. The third kappa shape index (κ3) is 5.35. The molecule has 1 heterocycles. The molecule has 0 amide bonds. The number of pyridine rings is 1. The van der Waals surface area contributed by atoms with Crippen LogP contribution in [0, 0.1) is 5.92 Å². The van der Waals surface area contributed by atoms with E-state index in [0.29, 0.717) is 10.9 Å². The molecule has 0 saturated carbocycles. The van der Waals surface area contributed by atoms with E-state index in [1.54, 1.807) is 0 Å². The summed E-state index contributed by atoms with van der Waals surface area (Å²) in [5.74, 6) is 0.288. The number of hydrogen-bond acceptors (Lipinski definition) is 4. The number of nitrogens with zero attached hydrogens (tertiary/aromatic N) is 1. The summed E-state index contributed by atoms with van der Waals surface area (Å²) in [4.78, 5) is 3.65. The lowest BCUT2D eigenvalue weighted by Gasteiger charge is -2.14. The van der Waals surface area contributed by atoms with Crippen molar-refractivity contribution in [1.29, 1.82) is 0 Å². The molecule has 0 bridgehead atoms. The van der Waals surface area contributed by atoms with Gasteiger partial charge in [-0.05, 0) is 34.3 Å². The fourth-order valence-electron chi connectivity index (χ4n) is 1.50. The molecular weight excluding hydrogens is 356 g/mol. The summed E-state index contributed by atoms with van der Waals surface area (Å²) in [6.07, 6.45) is 1.20. The van der Waals surface area contributed by atoms with Crippen molar-refractivity contribution in [2.24, 2.45) is 5.92 Å². The monoisotopic (exact) mass is 370 g/mol. The molecule has 5 nitrogen and oxygen atoms in total. The summed E-state index contributed by atoms with van der Waals surface area (Å²) in [5.41, 5.74) is 0. The topological polar surface area (TPSA) is 79.3 Å². The van der Waals surface area contributed by atoms with Crippen molar-refractivity contribution in [3.63, 3.8) is 0 Å². The van der Waals surface area contributed by atoms with E-state index in [1.165, 1.54) is 12.3 Å². The van der Waals surface area contributed by atoms with Gasteiger partial charge in [-0.25, -0.2) is 18.1 Å². The zero-order chi connectivity index (χ0) is 14.6. The molecule has 0 aliphatic heterocycles. The first-order chi connectivity index (χ1) is 8.72. The molecule has 19 heavy (non-hydrogen) atoms. The molecule has 1 atom stereocenters. The maximum Gasteiger partial charge on any atom is 0.243 e. The van der Waals surface area contributed by atoms with Gasteiger partial charge in [-0.3, -0.25) is 0 Å². The molecule has 1 unspecified atom stereocenters. The summed E-state index contributed by atoms with van der Waals surface area (Å²) in [6.45, 7) is 3.85. The predicted molar refractivity (Wildman–Crippen MR) is 77.6 cm³/mol. The zero-order valence-electron chi connectivity index (χ0n) is 10.6. The number of hydrogen-bond donors (Lipinski definition) is 2. The van der Waals surface area contributed by atoms with Crippen molar-refractivity contribution in [1.82, 2.24) is 9.71 Å². The van der Waals surface area contributed by atoms with Crippen molar-refractivity contribution in [2.75, 3.05) is 6.54 Å². The van der Waals surface area contributed by atoms with E-state index in [9.17, 15) is 13.5 Å². The Morgan fingerprint density at radius 3 is 2.74 bits per heavy atom. The first-order valence-electron chi connectivity index (χ1n) is 5.71. The number of aromatic nitrogens is 1. The molecule has 2 N–H and O–H groups in total. The molecule has 0 aliphatic carbocycles. The third-order valence-corrected chi connectivity index (χ3v) is 4.60. The molecule has 0 saturated heterocycles. The van der Waals surface area contributed by atoms with Crippen LogP contribution in [0.5, 0.6) is 0 Å². The van der Waals surface area contributed by atoms with E-state index in [0.717, 1.165) is 0 Å². The fourth-order valence-corrected chi connectivity index (χ4v) is 3.52. The zero-order valence-corrected chi connectivity index (χ0v) is 13.8. The molecule has 0 fully saturated rings. The van der Waals surface area contributed by atoms with Gasteiger partial charge >= 0.3 is 0 Å². The number of aliphatic hydroxyl groups is 1. The highest BCUT2D eigenvalue weighted by Crippen LogP contribution is 2.22. The van der Waals surface area contributed by atoms with Gasteiger partial charge in [0.15, 0.2) is 0 Å². The minimum absolute atomic E-state index is 0.0522. The molecule has 0 radical (unpaired) electrons. The molecular formula is C11H16BrClN2O3S. The second-order valence-electron chi connectivity index (χ2n) is 4.58. The van der Waals surface area contributed by atoms with Gasteiger partial charge in [-0.15, -0.1) is 0 Å². The number of halogens is 2. The van der Waals surface area contributed by atoms with E-state index in [1.807, 2.05) is 13.8 Å². The third-order valence-electron chi connectivity index (χ3n) is 2.32. The van der Waals surface area contributed by atoms with Gasteiger partial charge in [0.25, 0.3) is 0 Å². The van der Waals surface area contributed by atoms with Crippen LogP contribution in [-0.4, -0.2) is 31.2 Å². The van der Waals surface area contributed by atoms with Crippen LogP contribution in [0.15, 0.2) is 21.6 Å². The van der Waals surface area contributed by atoms with Crippen LogP contribution in [0.1, 0.15) is 20.3 Å². The van der Waals surface area contributed by atoms with Gasteiger partial charge < -0.3 is 5.11 Å². The van der Waals surface area contributed by atoms with Gasteiger partial charge in [-0.1, -0.05) is 25.4 Å². The predicted octanol–water partition coefficient (Wildman–Crippen LogP) is 2.18. The number of nitrogens with one attached hydrogen (secondary N) is 1. The summed E-state index contributed by atoms with van der Waals surface area (Å²) in [7, 11) is -3.78. The quantitative estimate of drug-likeness (QED) is 0.751. The Labute approximate surface area is 126 Å². The molecule has 8 heteroatoms. The maximum absolute atomic E-state index is 12.0. The number of rotatable bonds is 6. The average Bonchev–Trinajstić information content (AvgIpc) is 2.29. The molecule has 0 aliphatic rings. The molecule has 0 spiro atoms. The molecule has 0 aromatic carbocycles. The van der Waals surface area contributed by atoms with Crippen LogP contribution in [0.25, 0.3) is 0 Å². The Hall–Kier alpha value is -0.210. The van der Waals surface area contributed by atoms with Crippen molar-refractivity contribution in [3.05, 3.63) is 21.9 Å². The summed E-state index contributed by atoms with van der Waals surface area (Å²) in [5, 5.41) is 9.57. The Kier molecular flexibility index (Phi) is 6.19. The first-order valence-corrected chi connectivity index (χ1v) is 8.36. The van der Waals surface area contributed by atoms with Gasteiger partial charge in [0.2, 0.25) is 10.0 Å². The van der Waals surface area contributed by atoms with Crippen molar-refractivity contribution >= 4 is 37.6 Å². The Morgan fingerprint density at radius 2 is 2.16 bits per heavy atom. The number of aliphatic hydroxyl groups excluding tert-OH is 1. The second kappa shape index (κ2) is 6.99. The number of sulfonamides is 1. The Morgan fingerprint density at radius 1 is 1.53 bits per heavy atom. The van der Waals surface area contributed by atoms with E-state index in [4.69, 9.17) is 11.6 Å². The van der Waals surface area contributed by atoms with Gasteiger partial charge in [0.1, 0.15) is 10.0 Å². The van der Waals surface area contributed by atoms with Crippen molar-refractivity contribution < 1.29 is 13.5 Å². The van der Waals surface area contributed by atoms with Crippen LogP contribution in [0.2, 0.25) is 5.15 Å². The van der Waals surface area contributed by atoms with E-state index in [2.05, 4.69) is 25.6 Å². The SMILES string of the molecule is CC(C)CC(O)CNS(=O)(=O)c1cc(Br)cnc1Cl. The highest BCUT2D eigenvalue weighted by atomic mass is 79.9. The van der Waals surface area contributed by atoms with E-state index >= 15 is 0 Å². The summed E-state index contributed by atoms with van der Waals surface area (Å²) >= 11 is 8.91. The van der Waals surface area contributed by atoms with Crippen LogP contribution in [0.4, 0.5) is 0 Å². The first kappa shape index (κ1) is 16.8. The molecule has 1 aromatic rings. The van der Waals surface area contributed by atoms with Crippen LogP contribution in [0.3, 0.4) is 0 Å². The standard InChI is InChI=1S/C11H16BrClN2O3S/c1-7(2)3-9(16)6-15-19(17,18)10-4-8(12)5-14-11(10)13/h4-5,7,9,15-16H,3,6H2,1-2H3. The highest BCUT2D eigenvalue weighted by Gasteiger charge is 2.20.